The Kier molecular flexibility index (Phi) is 5.11. The summed E-state index contributed by atoms with van der Waals surface area (Å²) in [6.07, 6.45) is 1.74. The number of piperazine rings is 1. The molecule has 3 rings (SSSR count). The number of aromatic nitrogens is 3. The summed E-state index contributed by atoms with van der Waals surface area (Å²) in [6, 6.07) is 7.92. The summed E-state index contributed by atoms with van der Waals surface area (Å²) in [5, 5.41) is 8.88. The molecule has 0 spiro atoms. The highest BCUT2D eigenvalue weighted by molar-refractivity contribution is 6.30. The molecule has 1 aromatic carbocycles. The monoisotopic (exact) mass is 361 g/mol. The number of benzene rings is 1. The summed E-state index contributed by atoms with van der Waals surface area (Å²) < 4.78 is 1.73. The zero-order valence-electron chi connectivity index (χ0n) is 14.9. The van der Waals surface area contributed by atoms with Crippen LogP contribution in [-0.4, -0.2) is 56.9 Å². The van der Waals surface area contributed by atoms with Crippen molar-refractivity contribution >= 4 is 17.5 Å². The van der Waals surface area contributed by atoms with Gasteiger partial charge in [0.05, 0.1) is 11.7 Å². The molecule has 0 saturated carbocycles. The van der Waals surface area contributed by atoms with E-state index in [0.29, 0.717) is 18.8 Å². The number of carbonyl (C=O) groups excluding carboxylic acids is 1. The Morgan fingerprint density at radius 3 is 2.52 bits per heavy atom. The van der Waals surface area contributed by atoms with Crippen LogP contribution in [0.25, 0.3) is 0 Å². The lowest BCUT2D eigenvalue weighted by atomic mass is 10.1. The van der Waals surface area contributed by atoms with E-state index in [-0.39, 0.29) is 11.4 Å². The number of nitrogens with zero attached hydrogens (tertiary/aromatic N) is 5. The van der Waals surface area contributed by atoms with Gasteiger partial charge in [0.1, 0.15) is 0 Å². The van der Waals surface area contributed by atoms with Crippen molar-refractivity contribution < 1.29 is 4.79 Å². The van der Waals surface area contributed by atoms with E-state index in [1.165, 1.54) is 5.56 Å². The van der Waals surface area contributed by atoms with E-state index < -0.39 is 0 Å². The lowest BCUT2D eigenvalue weighted by Gasteiger charge is -2.34. The van der Waals surface area contributed by atoms with Gasteiger partial charge in [0.15, 0.2) is 5.69 Å². The second-order valence-electron chi connectivity index (χ2n) is 7.42. The van der Waals surface area contributed by atoms with Gasteiger partial charge in [0, 0.05) is 37.7 Å². The van der Waals surface area contributed by atoms with Crippen molar-refractivity contribution in [3.63, 3.8) is 0 Å². The maximum Gasteiger partial charge on any atom is 0.276 e. The zero-order chi connectivity index (χ0) is 18.0. The van der Waals surface area contributed by atoms with Crippen LogP contribution < -0.4 is 0 Å². The van der Waals surface area contributed by atoms with E-state index in [0.717, 1.165) is 24.7 Å². The molecule has 1 aliphatic heterocycles. The molecule has 25 heavy (non-hydrogen) atoms. The van der Waals surface area contributed by atoms with Crippen LogP contribution in [0.3, 0.4) is 0 Å². The molecule has 1 aliphatic rings. The minimum atomic E-state index is -0.179. The van der Waals surface area contributed by atoms with E-state index in [9.17, 15) is 4.79 Å². The van der Waals surface area contributed by atoms with Crippen molar-refractivity contribution in [3.05, 3.63) is 46.7 Å². The molecule has 1 aromatic heterocycles. The fourth-order valence-electron chi connectivity index (χ4n) is 2.85. The van der Waals surface area contributed by atoms with E-state index in [2.05, 4.69) is 21.3 Å². The lowest BCUT2D eigenvalue weighted by molar-refractivity contribution is 0.0622. The van der Waals surface area contributed by atoms with Crippen molar-refractivity contribution in [2.24, 2.45) is 0 Å². The lowest BCUT2D eigenvalue weighted by Crippen LogP contribution is -2.48. The quantitative estimate of drug-likeness (QED) is 0.843. The third-order valence-corrected chi connectivity index (χ3v) is 4.59. The number of halogens is 1. The van der Waals surface area contributed by atoms with Gasteiger partial charge in [-0.25, -0.2) is 4.68 Å². The average molecular weight is 362 g/mol. The Hall–Kier alpha value is -1.92. The molecule has 0 N–H and O–H groups in total. The van der Waals surface area contributed by atoms with Crippen molar-refractivity contribution in [2.75, 3.05) is 26.2 Å². The van der Waals surface area contributed by atoms with Crippen LogP contribution in [0.5, 0.6) is 0 Å². The van der Waals surface area contributed by atoms with Crippen LogP contribution in [0.1, 0.15) is 36.8 Å². The highest BCUT2D eigenvalue weighted by atomic mass is 35.5. The summed E-state index contributed by atoms with van der Waals surface area (Å²) in [7, 11) is 0. The number of amides is 1. The predicted octanol–water partition coefficient (Wildman–Crippen LogP) is 2.64. The minimum Gasteiger partial charge on any atom is -0.335 e. The molecule has 7 heteroatoms. The Morgan fingerprint density at radius 1 is 1.20 bits per heavy atom. The maximum absolute atomic E-state index is 12.6. The Bertz CT molecular complexity index is 744. The van der Waals surface area contributed by atoms with E-state index in [1.54, 1.807) is 10.9 Å². The van der Waals surface area contributed by atoms with Gasteiger partial charge in [-0.1, -0.05) is 28.9 Å². The summed E-state index contributed by atoms with van der Waals surface area (Å²) in [5.74, 6) is -0.0436. The largest absolute Gasteiger partial charge is 0.335 e. The maximum atomic E-state index is 12.6. The first-order valence-electron chi connectivity index (χ1n) is 8.52. The third-order valence-electron chi connectivity index (χ3n) is 4.35. The average Bonchev–Trinajstić information content (AvgIpc) is 3.05. The van der Waals surface area contributed by atoms with Gasteiger partial charge in [0.2, 0.25) is 0 Å². The second-order valence-corrected chi connectivity index (χ2v) is 7.85. The normalized spacial score (nSPS) is 16.2. The van der Waals surface area contributed by atoms with Crippen LogP contribution in [0, 0.1) is 0 Å². The van der Waals surface area contributed by atoms with E-state index in [1.807, 2.05) is 43.9 Å². The van der Waals surface area contributed by atoms with Gasteiger partial charge in [-0.15, -0.1) is 5.10 Å². The highest BCUT2D eigenvalue weighted by Gasteiger charge is 2.25. The SMILES string of the molecule is CC(C)(C)n1cc(C(=O)N2CCN(Cc3cccc(Cl)c3)CC2)nn1. The fraction of sp³-hybridized carbons (Fsp3) is 0.500. The molecule has 1 amide bonds. The molecular formula is C18H24ClN5O. The number of rotatable bonds is 3. The van der Waals surface area contributed by atoms with Gasteiger partial charge in [-0.3, -0.25) is 9.69 Å². The molecule has 1 fully saturated rings. The van der Waals surface area contributed by atoms with Crippen LogP contribution in [-0.2, 0) is 12.1 Å². The summed E-state index contributed by atoms with van der Waals surface area (Å²) in [5.41, 5.74) is 1.43. The van der Waals surface area contributed by atoms with Crippen molar-refractivity contribution in [1.82, 2.24) is 24.8 Å². The molecule has 134 valence electrons. The molecule has 0 radical (unpaired) electrons. The third kappa shape index (κ3) is 4.38. The first kappa shape index (κ1) is 17.9. The Labute approximate surface area is 153 Å². The fourth-order valence-corrected chi connectivity index (χ4v) is 3.07. The van der Waals surface area contributed by atoms with Crippen molar-refractivity contribution in [1.29, 1.82) is 0 Å². The van der Waals surface area contributed by atoms with Gasteiger partial charge in [-0.2, -0.15) is 0 Å². The van der Waals surface area contributed by atoms with E-state index >= 15 is 0 Å². The zero-order valence-corrected chi connectivity index (χ0v) is 15.7. The first-order chi connectivity index (χ1) is 11.8. The number of carbonyl (C=O) groups is 1. The van der Waals surface area contributed by atoms with Gasteiger partial charge in [0.25, 0.3) is 5.91 Å². The molecule has 1 saturated heterocycles. The predicted molar refractivity (Wildman–Crippen MR) is 97.7 cm³/mol. The smallest absolute Gasteiger partial charge is 0.276 e. The van der Waals surface area contributed by atoms with E-state index in [4.69, 9.17) is 11.6 Å². The van der Waals surface area contributed by atoms with Crippen LogP contribution in [0.4, 0.5) is 0 Å². The number of hydrogen-bond acceptors (Lipinski definition) is 4. The molecule has 0 unspecified atom stereocenters. The molecule has 0 aliphatic carbocycles. The van der Waals surface area contributed by atoms with Crippen LogP contribution in [0.2, 0.25) is 5.02 Å². The van der Waals surface area contributed by atoms with Gasteiger partial charge < -0.3 is 4.90 Å². The van der Waals surface area contributed by atoms with Crippen LogP contribution in [0.15, 0.2) is 30.5 Å². The molecular weight excluding hydrogens is 338 g/mol. The van der Waals surface area contributed by atoms with Crippen molar-refractivity contribution in [3.8, 4) is 0 Å². The molecule has 6 nitrogen and oxygen atoms in total. The topological polar surface area (TPSA) is 54.3 Å². The Morgan fingerprint density at radius 2 is 1.92 bits per heavy atom. The molecule has 2 heterocycles. The first-order valence-corrected chi connectivity index (χ1v) is 8.89. The molecule has 0 bridgehead atoms. The van der Waals surface area contributed by atoms with Gasteiger partial charge in [-0.05, 0) is 38.5 Å². The molecule has 2 aromatic rings. The minimum absolute atomic E-state index is 0.0436. The summed E-state index contributed by atoms with van der Waals surface area (Å²) >= 11 is 6.04. The van der Waals surface area contributed by atoms with Crippen molar-refractivity contribution in [2.45, 2.75) is 32.9 Å². The second kappa shape index (κ2) is 7.14. The van der Waals surface area contributed by atoms with Gasteiger partial charge >= 0.3 is 0 Å². The summed E-state index contributed by atoms with van der Waals surface area (Å²) in [6.45, 7) is 10.0. The molecule has 0 atom stereocenters. The Balaban J connectivity index is 1.56. The standard InChI is InChI=1S/C18H24ClN5O/c1-18(2,3)24-13-16(20-21-24)17(25)23-9-7-22(8-10-23)12-14-5-4-6-15(19)11-14/h4-6,11,13H,7-10,12H2,1-3H3. The summed E-state index contributed by atoms with van der Waals surface area (Å²) in [4.78, 5) is 16.8. The highest BCUT2D eigenvalue weighted by Crippen LogP contribution is 2.16. The number of hydrogen-bond donors (Lipinski definition) is 0. The van der Waals surface area contributed by atoms with Crippen LogP contribution >= 0.6 is 11.6 Å².